The van der Waals surface area contributed by atoms with Gasteiger partial charge in [-0.05, 0) is 42.5 Å². The lowest BCUT2D eigenvalue weighted by atomic mass is 10.1. The number of hydrogen-bond donors (Lipinski definition) is 1. The number of nitrogens with zero attached hydrogens (tertiary/aromatic N) is 2. The van der Waals surface area contributed by atoms with E-state index in [4.69, 9.17) is 16.3 Å². The molecule has 1 heterocycles. The number of halogens is 2. The van der Waals surface area contributed by atoms with Gasteiger partial charge in [0.1, 0.15) is 5.75 Å². The standard InChI is InChI=1S/C17H13BrClN3O2S/c1-24-12-6-7-14(18)13(8-12)16-20-17(22-21-16)25-9-15(23)10-2-4-11(19)5-3-10/h2-8H,9H2,1H3,(H,20,21,22). The Bertz CT molecular complexity index is 899. The minimum atomic E-state index is -0.00409. The highest BCUT2D eigenvalue weighted by Gasteiger charge is 2.13. The third-order valence-corrected chi connectivity index (χ3v) is 5.18. The number of aromatic amines is 1. The quantitative estimate of drug-likeness (QED) is 0.439. The molecule has 1 N–H and O–H groups in total. The van der Waals surface area contributed by atoms with E-state index in [2.05, 4.69) is 31.1 Å². The third-order valence-electron chi connectivity index (χ3n) is 3.39. The number of ketones is 1. The second-order valence-corrected chi connectivity index (χ2v) is 7.26. The molecule has 2 aromatic carbocycles. The molecular formula is C17H13BrClN3O2S. The van der Waals surface area contributed by atoms with Crippen LogP contribution >= 0.6 is 39.3 Å². The van der Waals surface area contributed by atoms with Gasteiger partial charge in [0, 0.05) is 20.6 Å². The first-order valence-corrected chi connectivity index (χ1v) is 9.40. The molecule has 0 saturated heterocycles. The number of rotatable bonds is 6. The number of aromatic nitrogens is 3. The summed E-state index contributed by atoms with van der Waals surface area (Å²) in [5.74, 6) is 1.57. The summed E-state index contributed by atoms with van der Waals surface area (Å²) in [7, 11) is 1.61. The second kappa shape index (κ2) is 8.03. The molecule has 128 valence electrons. The SMILES string of the molecule is COc1ccc(Br)c(-c2nc(SCC(=O)c3ccc(Cl)cc3)n[nH]2)c1. The summed E-state index contributed by atoms with van der Waals surface area (Å²) in [6.45, 7) is 0. The molecule has 5 nitrogen and oxygen atoms in total. The zero-order valence-electron chi connectivity index (χ0n) is 13.1. The summed E-state index contributed by atoms with van der Waals surface area (Å²) in [6.07, 6.45) is 0. The maximum absolute atomic E-state index is 12.2. The highest BCUT2D eigenvalue weighted by Crippen LogP contribution is 2.30. The van der Waals surface area contributed by atoms with Crippen LogP contribution < -0.4 is 4.74 Å². The van der Waals surface area contributed by atoms with E-state index in [1.54, 1.807) is 31.4 Å². The molecule has 0 radical (unpaired) electrons. The van der Waals surface area contributed by atoms with Crippen LogP contribution in [0.25, 0.3) is 11.4 Å². The van der Waals surface area contributed by atoms with E-state index >= 15 is 0 Å². The van der Waals surface area contributed by atoms with Crippen LogP contribution in [0, 0.1) is 0 Å². The number of benzene rings is 2. The highest BCUT2D eigenvalue weighted by molar-refractivity contribution is 9.10. The van der Waals surface area contributed by atoms with Crippen molar-refractivity contribution >= 4 is 45.1 Å². The monoisotopic (exact) mass is 437 g/mol. The van der Waals surface area contributed by atoms with Crippen molar-refractivity contribution in [2.75, 3.05) is 12.9 Å². The second-order valence-electron chi connectivity index (χ2n) is 5.03. The summed E-state index contributed by atoms with van der Waals surface area (Å²) in [5, 5.41) is 8.16. The van der Waals surface area contributed by atoms with Gasteiger partial charge in [0.15, 0.2) is 11.6 Å². The predicted molar refractivity (Wildman–Crippen MR) is 103 cm³/mol. The summed E-state index contributed by atoms with van der Waals surface area (Å²) >= 11 is 10.6. The van der Waals surface area contributed by atoms with Crippen LogP contribution in [0.15, 0.2) is 52.1 Å². The van der Waals surface area contributed by atoms with E-state index in [-0.39, 0.29) is 11.5 Å². The van der Waals surface area contributed by atoms with Crippen LogP contribution in [0.1, 0.15) is 10.4 Å². The van der Waals surface area contributed by atoms with Gasteiger partial charge in [-0.25, -0.2) is 4.98 Å². The number of nitrogens with one attached hydrogen (secondary N) is 1. The van der Waals surface area contributed by atoms with Crippen LogP contribution in [0.2, 0.25) is 5.02 Å². The van der Waals surface area contributed by atoms with Crippen LogP contribution in [-0.4, -0.2) is 33.8 Å². The topological polar surface area (TPSA) is 67.9 Å². The fraction of sp³-hybridized carbons (Fsp3) is 0.118. The van der Waals surface area contributed by atoms with Gasteiger partial charge in [0.25, 0.3) is 0 Å². The number of ether oxygens (including phenoxy) is 1. The summed E-state index contributed by atoms with van der Waals surface area (Å²) in [6, 6.07) is 12.4. The van der Waals surface area contributed by atoms with Gasteiger partial charge < -0.3 is 4.74 Å². The zero-order valence-corrected chi connectivity index (χ0v) is 16.3. The number of hydrogen-bond acceptors (Lipinski definition) is 5. The van der Waals surface area contributed by atoms with Crippen LogP contribution in [0.5, 0.6) is 5.75 Å². The third kappa shape index (κ3) is 4.42. The maximum Gasteiger partial charge on any atom is 0.209 e. The zero-order chi connectivity index (χ0) is 17.8. The Hall–Kier alpha value is -1.83. The summed E-state index contributed by atoms with van der Waals surface area (Å²) in [4.78, 5) is 16.6. The van der Waals surface area contributed by atoms with E-state index in [0.29, 0.717) is 21.6 Å². The molecule has 25 heavy (non-hydrogen) atoms. The van der Waals surface area contributed by atoms with E-state index in [1.165, 1.54) is 11.8 Å². The van der Waals surface area contributed by atoms with Crippen molar-refractivity contribution in [1.82, 2.24) is 15.2 Å². The van der Waals surface area contributed by atoms with Gasteiger partial charge in [-0.15, -0.1) is 5.10 Å². The number of H-pyrrole nitrogens is 1. The fourth-order valence-corrected chi connectivity index (χ4v) is 3.35. The van der Waals surface area contributed by atoms with Gasteiger partial charge in [0.05, 0.1) is 12.9 Å². The van der Waals surface area contributed by atoms with Gasteiger partial charge in [0.2, 0.25) is 5.16 Å². The largest absolute Gasteiger partial charge is 0.497 e. The van der Waals surface area contributed by atoms with E-state index < -0.39 is 0 Å². The van der Waals surface area contributed by atoms with Crippen molar-refractivity contribution in [2.24, 2.45) is 0 Å². The van der Waals surface area contributed by atoms with Crippen molar-refractivity contribution in [3.05, 3.63) is 57.5 Å². The van der Waals surface area contributed by atoms with Crippen molar-refractivity contribution in [3.63, 3.8) is 0 Å². The molecule has 0 spiro atoms. The minimum Gasteiger partial charge on any atom is -0.497 e. The first-order chi connectivity index (χ1) is 12.1. The number of Topliss-reactive ketones (excluding diaryl/α,β-unsaturated/α-hetero) is 1. The minimum absolute atomic E-state index is 0.00409. The molecule has 0 aliphatic rings. The van der Waals surface area contributed by atoms with E-state index in [0.717, 1.165) is 15.8 Å². The molecule has 0 aliphatic heterocycles. The number of thioether (sulfide) groups is 1. The Morgan fingerprint density at radius 1 is 1.28 bits per heavy atom. The number of carbonyl (C=O) groups excluding carboxylic acids is 1. The molecule has 8 heteroatoms. The van der Waals surface area contributed by atoms with Crippen molar-refractivity contribution in [3.8, 4) is 17.1 Å². The highest BCUT2D eigenvalue weighted by atomic mass is 79.9. The Labute approximate surface area is 162 Å². The summed E-state index contributed by atoms with van der Waals surface area (Å²) in [5.41, 5.74) is 1.45. The molecule has 1 aromatic heterocycles. The lowest BCUT2D eigenvalue weighted by molar-refractivity contribution is 0.102. The first-order valence-electron chi connectivity index (χ1n) is 7.24. The molecule has 0 atom stereocenters. The number of carbonyl (C=O) groups is 1. The smallest absolute Gasteiger partial charge is 0.209 e. The van der Waals surface area contributed by atoms with E-state index in [1.807, 2.05) is 18.2 Å². The molecule has 3 aromatic rings. The Morgan fingerprint density at radius 2 is 2.04 bits per heavy atom. The first kappa shape index (κ1) is 18.0. The summed E-state index contributed by atoms with van der Waals surface area (Å²) < 4.78 is 6.11. The average Bonchev–Trinajstić information content (AvgIpc) is 3.09. The predicted octanol–water partition coefficient (Wildman–Crippen LogP) is 4.87. The molecule has 0 saturated carbocycles. The lowest BCUT2D eigenvalue weighted by Gasteiger charge is -2.04. The van der Waals surface area contributed by atoms with Crippen LogP contribution in [0.4, 0.5) is 0 Å². The van der Waals surface area contributed by atoms with E-state index in [9.17, 15) is 4.79 Å². The van der Waals surface area contributed by atoms with Crippen molar-refractivity contribution in [1.29, 1.82) is 0 Å². The molecule has 0 aliphatic carbocycles. The maximum atomic E-state index is 12.2. The fourth-order valence-electron chi connectivity index (χ4n) is 2.09. The number of methoxy groups -OCH3 is 1. The molecule has 0 bridgehead atoms. The molecule has 0 amide bonds. The molecule has 0 fully saturated rings. The Morgan fingerprint density at radius 3 is 2.76 bits per heavy atom. The normalized spacial score (nSPS) is 10.7. The van der Waals surface area contributed by atoms with Crippen LogP contribution in [-0.2, 0) is 0 Å². The van der Waals surface area contributed by atoms with Crippen molar-refractivity contribution in [2.45, 2.75) is 5.16 Å². The Kier molecular flexibility index (Phi) is 5.78. The van der Waals surface area contributed by atoms with Crippen molar-refractivity contribution < 1.29 is 9.53 Å². The molecule has 3 rings (SSSR count). The Balaban J connectivity index is 1.70. The average molecular weight is 439 g/mol. The van der Waals surface area contributed by atoms with Crippen LogP contribution in [0.3, 0.4) is 0 Å². The van der Waals surface area contributed by atoms with Gasteiger partial charge in [-0.2, -0.15) is 0 Å². The van der Waals surface area contributed by atoms with Gasteiger partial charge in [-0.3, -0.25) is 9.89 Å². The van der Waals surface area contributed by atoms with Gasteiger partial charge >= 0.3 is 0 Å². The lowest BCUT2D eigenvalue weighted by Crippen LogP contribution is -2.02. The molecular weight excluding hydrogens is 426 g/mol. The molecule has 0 unspecified atom stereocenters. The van der Waals surface area contributed by atoms with Gasteiger partial charge in [-0.1, -0.05) is 39.3 Å².